The van der Waals surface area contributed by atoms with Crippen LogP contribution in [0.3, 0.4) is 0 Å². The molecule has 0 atom stereocenters. The van der Waals surface area contributed by atoms with Crippen molar-refractivity contribution in [1.82, 2.24) is 0 Å². The van der Waals surface area contributed by atoms with E-state index in [-0.39, 0.29) is 93.7 Å². The van der Waals surface area contributed by atoms with Crippen LogP contribution < -0.4 is 51.4 Å². The van der Waals surface area contributed by atoms with Gasteiger partial charge in [0.05, 0.1) is 0 Å². The van der Waals surface area contributed by atoms with Crippen molar-refractivity contribution in [2.45, 2.75) is 0 Å². The van der Waals surface area contributed by atoms with Gasteiger partial charge in [-0.2, -0.15) is 0 Å². The molecule has 1 radical (unpaired) electrons. The van der Waals surface area contributed by atoms with Crippen LogP contribution in [-0.2, 0) is 25.9 Å². The van der Waals surface area contributed by atoms with E-state index in [9.17, 15) is 0 Å². The summed E-state index contributed by atoms with van der Waals surface area (Å²) in [6.07, 6.45) is 0. The van der Waals surface area contributed by atoms with Gasteiger partial charge in [-0.3, -0.25) is 0 Å². The minimum absolute atomic E-state index is 0. The first-order valence-corrected chi connectivity index (χ1v) is 0. The second-order valence-corrected chi connectivity index (χ2v) is 0. The minimum atomic E-state index is 0. The molecule has 39 valence electrons. The smallest absolute Gasteiger partial charge is 1.00 e. The Morgan fingerprint density at radius 2 is 0.667 bits per heavy atom. The number of hydrogen-bond acceptors (Lipinski definition) is 3. The summed E-state index contributed by atoms with van der Waals surface area (Å²) in [5, 5.41) is 0. The molecule has 0 amide bonds. The van der Waals surface area contributed by atoms with Crippen molar-refractivity contribution in [3.8, 4) is 0 Å². The van der Waals surface area contributed by atoms with E-state index < -0.39 is 0 Å². The maximum absolute atomic E-state index is 0. The molecule has 0 rings (SSSR count). The van der Waals surface area contributed by atoms with Crippen LogP contribution in [0.2, 0.25) is 0 Å². The Kier molecular flexibility index (Phi) is 889. The van der Waals surface area contributed by atoms with Crippen molar-refractivity contribution in [3.63, 3.8) is 0 Å². The summed E-state index contributed by atoms with van der Waals surface area (Å²) in [7, 11) is 0. The summed E-state index contributed by atoms with van der Waals surface area (Å²) in [6, 6.07) is 0. The summed E-state index contributed by atoms with van der Waals surface area (Å²) in [6.45, 7) is 0. The first-order chi connectivity index (χ1) is 0. The molecule has 0 heterocycles. The molecule has 0 aromatic carbocycles. The molecule has 0 aromatic heterocycles. The first-order valence-electron chi connectivity index (χ1n) is 0. The Morgan fingerprint density at radius 1 is 0.667 bits per heavy atom. The topological polar surface area (TPSA) is 118 Å². The van der Waals surface area contributed by atoms with Crippen LogP contribution in [0, 0.1) is 0 Å². The minimum Gasteiger partial charge on any atom is -2.00 e. The molecular formula is H3KO4Re-4. The van der Waals surface area contributed by atoms with Crippen LogP contribution in [0.15, 0.2) is 0 Å². The molecule has 0 saturated carbocycles. The van der Waals surface area contributed by atoms with Gasteiger partial charge in [-0.1, -0.05) is 0 Å². The molecule has 3 N–H and O–H groups in total. The summed E-state index contributed by atoms with van der Waals surface area (Å²) in [5.41, 5.74) is 0. The molecule has 0 bridgehead atoms. The van der Waals surface area contributed by atoms with Gasteiger partial charge in [0, 0.05) is 20.4 Å². The van der Waals surface area contributed by atoms with Gasteiger partial charge in [0.15, 0.2) is 0 Å². The van der Waals surface area contributed by atoms with Gasteiger partial charge in [-0.15, -0.1) is 0 Å². The van der Waals surface area contributed by atoms with E-state index in [1.807, 2.05) is 0 Å². The van der Waals surface area contributed by atoms with E-state index in [0.717, 1.165) is 0 Å². The van der Waals surface area contributed by atoms with Gasteiger partial charge in [0.1, 0.15) is 0 Å². The van der Waals surface area contributed by atoms with Crippen molar-refractivity contribution in [3.05, 3.63) is 0 Å². The molecule has 0 aliphatic heterocycles. The van der Waals surface area contributed by atoms with Crippen molar-refractivity contribution >= 4 is 0 Å². The molecule has 6 heavy (non-hydrogen) atoms. The van der Waals surface area contributed by atoms with E-state index in [4.69, 9.17) is 0 Å². The molecule has 0 unspecified atom stereocenters. The largest absolute Gasteiger partial charge is 2.00 e. The second-order valence-electron chi connectivity index (χ2n) is 0. The summed E-state index contributed by atoms with van der Waals surface area (Å²) < 4.78 is 0. The van der Waals surface area contributed by atoms with E-state index in [1.54, 1.807) is 0 Å². The van der Waals surface area contributed by atoms with Crippen LogP contribution in [0.5, 0.6) is 0 Å². The third-order valence-electron chi connectivity index (χ3n) is 0. The van der Waals surface area contributed by atoms with Crippen molar-refractivity contribution in [1.29, 1.82) is 0 Å². The monoisotopic (exact) mass is 293 g/mol. The Hall–Kier alpha value is 2.14. The third-order valence-corrected chi connectivity index (χ3v) is 0. The van der Waals surface area contributed by atoms with E-state index in [0.29, 0.717) is 0 Å². The maximum atomic E-state index is 0. The zero-order valence-corrected chi connectivity index (χ0v) is 8.97. The van der Waals surface area contributed by atoms with E-state index in [1.165, 1.54) is 0 Å². The van der Waals surface area contributed by atoms with Crippen LogP contribution in [0.25, 0.3) is 0 Å². The van der Waals surface area contributed by atoms with Gasteiger partial charge in [0.2, 0.25) is 0 Å². The standard InChI is InChI=1S/K.3H2O.O.Re/h;3*1H2;;/q+1;;;;-2;/p-3. The first kappa shape index (κ1) is 90.7. The Labute approximate surface area is 92.0 Å². The Balaban J connectivity index is 0. The summed E-state index contributed by atoms with van der Waals surface area (Å²) in [5.74, 6) is 0. The molecule has 0 aliphatic rings. The molecule has 0 spiro atoms. The van der Waals surface area contributed by atoms with E-state index in [2.05, 4.69) is 0 Å². The Bertz CT molecular complexity index is 7.51. The van der Waals surface area contributed by atoms with Crippen molar-refractivity contribution in [2.75, 3.05) is 0 Å². The number of rotatable bonds is 0. The summed E-state index contributed by atoms with van der Waals surface area (Å²) >= 11 is 0. The molecule has 4 nitrogen and oxygen atoms in total. The fourth-order valence-corrected chi connectivity index (χ4v) is 0. The van der Waals surface area contributed by atoms with Gasteiger partial charge >= 0.3 is 51.4 Å². The third kappa shape index (κ3) is 35.4. The summed E-state index contributed by atoms with van der Waals surface area (Å²) in [4.78, 5) is 0. The predicted molar refractivity (Wildman–Crippen MR) is 6.49 cm³/mol. The van der Waals surface area contributed by atoms with Crippen LogP contribution >= 0.6 is 0 Å². The SMILES string of the molecule is [K+].[O-2].[OH-].[OH-].[OH-].[Re]. The number of hydrogen-bond donors (Lipinski definition) is 0. The van der Waals surface area contributed by atoms with Gasteiger partial charge in [0.25, 0.3) is 0 Å². The second kappa shape index (κ2) is 58.8. The fraction of sp³-hybridized carbons (Fsp3) is 0. The van der Waals surface area contributed by atoms with Gasteiger partial charge in [-0.25, -0.2) is 0 Å². The molecule has 0 aliphatic carbocycles. The average Bonchev–Trinajstić information content (AvgIpc) is 0. The predicted octanol–water partition coefficient (Wildman–Crippen LogP) is -3.65. The zero-order valence-electron chi connectivity index (χ0n) is 3.13. The van der Waals surface area contributed by atoms with Crippen LogP contribution in [0.1, 0.15) is 0 Å². The quantitative estimate of drug-likeness (QED) is 0.428. The van der Waals surface area contributed by atoms with Gasteiger partial charge < -0.3 is 21.9 Å². The fourth-order valence-electron chi connectivity index (χ4n) is 0. The van der Waals surface area contributed by atoms with Crippen LogP contribution in [0.4, 0.5) is 0 Å². The zero-order chi connectivity index (χ0) is 0. The molecule has 0 fully saturated rings. The Morgan fingerprint density at radius 3 is 0.667 bits per heavy atom. The molecule has 6 heteroatoms. The maximum Gasteiger partial charge on any atom is 1.00 e. The van der Waals surface area contributed by atoms with Crippen molar-refractivity contribution in [2.24, 2.45) is 0 Å². The normalized spacial score (nSPS) is 0. The van der Waals surface area contributed by atoms with E-state index >= 15 is 0 Å². The molecule has 0 saturated heterocycles. The van der Waals surface area contributed by atoms with Gasteiger partial charge in [-0.05, 0) is 0 Å². The van der Waals surface area contributed by atoms with Crippen LogP contribution in [-0.4, -0.2) is 16.4 Å². The molecular weight excluding hydrogens is 289 g/mol. The average molecular weight is 292 g/mol. The molecule has 0 aromatic rings. The van der Waals surface area contributed by atoms with Crippen molar-refractivity contribution < 1.29 is 93.7 Å².